The van der Waals surface area contributed by atoms with Gasteiger partial charge in [0.2, 0.25) is 0 Å². The standard InChI is InChI=1S/C24H25N5O2/c1-4-6-21(20(25)5-2)29-24(30)17-9-7-16(8-10-17)14-26-23-19-12-11-18(31-3)13-22(19)27-15-28-23/h4,6-13,15,25H,1,5,14H2,2-3H3,(H,29,30)(H,26,27,28)/b21-6+,25-20?. The zero-order valence-electron chi connectivity index (χ0n) is 17.6. The minimum absolute atomic E-state index is 0.262. The fourth-order valence-electron chi connectivity index (χ4n) is 2.98. The number of aromatic nitrogens is 2. The molecule has 7 nitrogen and oxygen atoms in total. The average molecular weight is 415 g/mol. The second-order valence-electron chi connectivity index (χ2n) is 6.76. The molecule has 1 amide bonds. The van der Waals surface area contributed by atoms with E-state index in [1.165, 1.54) is 6.33 Å². The summed E-state index contributed by atoms with van der Waals surface area (Å²) in [5.74, 6) is 1.21. The van der Waals surface area contributed by atoms with Crippen LogP contribution in [0.2, 0.25) is 0 Å². The fourth-order valence-corrected chi connectivity index (χ4v) is 2.98. The van der Waals surface area contributed by atoms with Crippen LogP contribution in [-0.2, 0) is 6.54 Å². The molecule has 0 saturated carbocycles. The van der Waals surface area contributed by atoms with E-state index in [0.717, 1.165) is 28.0 Å². The first-order chi connectivity index (χ1) is 15.0. The topological polar surface area (TPSA) is 100.0 Å². The van der Waals surface area contributed by atoms with Crippen molar-refractivity contribution >= 4 is 28.3 Å². The van der Waals surface area contributed by atoms with Crippen molar-refractivity contribution in [1.29, 1.82) is 5.41 Å². The summed E-state index contributed by atoms with van der Waals surface area (Å²) >= 11 is 0. The highest BCUT2D eigenvalue weighted by atomic mass is 16.5. The highest BCUT2D eigenvalue weighted by Crippen LogP contribution is 2.24. The van der Waals surface area contributed by atoms with Gasteiger partial charge in [-0.1, -0.05) is 31.7 Å². The number of nitrogens with zero attached hydrogens (tertiary/aromatic N) is 2. The number of amides is 1. The number of ether oxygens (including phenoxy) is 1. The molecule has 7 heteroatoms. The first kappa shape index (κ1) is 21.7. The highest BCUT2D eigenvalue weighted by Gasteiger charge is 2.10. The lowest BCUT2D eigenvalue weighted by atomic mass is 10.1. The molecular formula is C24H25N5O2. The van der Waals surface area contributed by atoms with Crippen LogP contribution in [0.15, 0.2) is 73.2 Å². The molecule has 0 aliphatic heterocycles. The lowest BCUT2D eigenvalue weighted by Crippen LogP contribution is -2.26. The number of hydrogen-bond donors (Lipinski definition) is 3. The molecule has 0 atom stereocenters. The molecule has 1 heterocycles. The van der Waals surface area contributed by atoms with E-state index in [1.807, 2.05) is 37.3 Å². The Balaban J connectivity index is 1.68. The van der Waals surface area contributed by atoms with E-state index >= 15 is 0 Å². The van der Waals surface area contributed by atoms with E-state index in [2.05, 4.69) is 27.2 Å². The van der Waals surface area contributed by atoms with Crippen molar-refractivity contribution < 1.29 is 9.53 Å². The van der Waals surface area contributed by atoms with Crippen LogP contribution in [0.25, 0.3) is 10.9 Å². The predicted octanol–water partition coefficient (Wildman–Crippen LogP) is 4.48. The molecule has 3 aromatic rings. The number of hydrogen-bond acceptors (Lipinski definition) is 6. The van der Waals surface area contributed by atoms with Crippen molar-refractivity contribution in [2.45, 2.75) is 19.9 Å². The minimum atomic E-state index is -0.262. The van der Waals surface area contributed by atoms with Crippen LogP contribution in [-0.4, -0.2) is 28.7 Å². The van der Waals surface area contributed by atoms with Crippen LogP contribution < -0.4 is 15.4 Å². The van der Waals surface area contributed by atoms with Gasteiger partial charge in [0.1, 0.15) is 17.9 Å². The van der Waals surface area contributed by atoms with E-state index in [1.54, 1.807) is 31.4 Å². The molecule has 1 aromatic heterocycles. The average Bonchev–Trinajstić information content (AvgIpc) is 2.81. The van der Waals surface area contributed by atoms with Gasteiger partial charge in [0.25, 0.3) is 5.91 Å². The number of methoxy groups -OCH3 is 1. The molecule has 0 bridgehead atoms. The van der Waals surface area contributed by atoms with E-state index in [0.29, 0.717) is 29.9 Å². The fraction of sp³-hybridized carbons (Fsp3) is 0.167. The summed E-state index contributed by atoms with van der Waals surface area (Å²) in [5, 5.41) is 14.9. The van der Waals surface area contributed by atoms with Crippen LogP contribution >= 0.6 is 0 Å². The van der Waals surface area contributed by atoms with Crippen molar-refractivity contribution in [3.63, 3.8) is 0 Å². The van der Waals surface area contributed by atoms with Gasteiger partial charge in [0.05, 0.1) is 24.0 Å². The van der Waals surface area contributed by atoms with Gasteiger partial charge in [-0.2, -0.15) is 0 Å². The Bertz CT molecular complexity index is 1140. The zero-order chi connectivity index (χ0) is 22.2. The molecule has 0 aliphatic carbocycles. The summed E-state index contributed by atoms with van der Waals surface area (Å²) in [5.41, 5.74) is 3.12. The number of fused-ring (bicyclic) bond motifs is 1. The summed E-state index contributed by atoms with van der Waals surface area (Å²) in [4.78, 5) is 21.1. The Morgan fingerprint density at radius 3 is 2.65 bits per heavy atom. The Labute approximate surface area is 181 Å². The number of carbonyl (C=O) groups is 1. The van der Waals surface area contributed by atoms with Crippen molar-refractivity contribution in [3.8, 4) is 5.75 Å². The molecule has 0 radical (unpaired) electrons. The van der Waals surface area contributed by atoms with Gasteiger partial charge in [-0.05, 0) is 42.3 Å². The van der Waals surface area contributed by atoms with Gasteiger partial charge in [-0.25, -0.2) is 9.97 Å². The van der Waals surface area contributed by atoms with Gasteiger partial charge >= 0.3 is 0 Å². The molecule has 2 aromatic carbocycles. The van der Waals surface area contributed by atoms with Crippen molar-refractivity contribution in [2.75, 3.05) is 12.4 Å². The number of allylic oxidation sites excluding steroid dienone is 3. The van der Waals surface area contributed by atoms with Gasteiger partial charge < -0.3 is 20.8 Å². The molecule has 3 N–H and O–H groups in total. The number of carbonyl (C=O) groups excluding carboxylic acids is 1. The predicted molar refractivity (Wildman–Crippen MR) is 124 cm³/mol. The van der Waals surface area contributed by atoms with E-state index < -0.39 is 0 Å². The molecule has 3 rings (SSSR count). The van der Waals surface area contributed by atoms with Gasteiger partial charge in [0.15, 0.2) is 0 Å². The summed E-state index contributed by atoms with van der Waals surface area (Å²) in [6.45, 7) is 6.04. The number of benzene rings is 2. The second kappa shape index (κ2) is 10.2. The van der Waals surface area contributed by atoms with Crippen LogP contribution in [0.4, 0.5) is 5.82 Å². The van der Waals surface area contributed by atoms with Crippen molar-refractivity contribution in [2.24, 2.45) is 0 Å². The van der Waals surface area contributed by atoms with E-state index in [4.69, 9.17) is 10.1 Å². The van der Waals surface area contributed by atoms with Crippen LogP contribution in [0, 0.1) is 5.41 Å². The Morgan fingerprint density at radius 1 is 1.19 bits per heavy atom. The van der Waals surface area contributed by atoms with Crippen LogP contribution in [0.3, 0.4) is 0 Å². The first-order valence-electron chi connectivity index (χ1n) is 9.89. The summed E-state index contributed by atoms with van der Waals surface area (Å²) < 4.78 is 5.25. The monoisotopic (exact) mass is 415 g/mol. The Kier molecular flexibility index (Phi) is 7.11. The maximum absolute atomic E-state index is 12.5. The second-order valence-corrected chi connectivity index (χ2v) is 6.76. The summed E-state index contributed by atoms with van der Waals surface area (Å²) in [6, 6.07) is 13.0. The molecule has 0 spiro atoms. The first-order valence-corrected chi connectivity index (χ1v) is 9.89. The van der Waals surface area contributed by atoms with Gasteiger partial charge in [0, 0.05) is 23.6 Å². The van der Waals surface area contributed by atoms with Crippen molar-refractivity contribution in [3.05, 3.63) is 84.3 Å². The number of rotatable bonds is 9. The quantitative estimate of drug-likeness (QED) is 0.353. The molecule has 0 saturated heterocycles. The highest BCUT2D eigenvalue weighted by molar-refractivity contribution is 6.04. The normalized spacial score (nSPS) is 11.1. The molecular weight excluding hydrogens is 390 g/mol. The lowest BCUT2D eigenvalue weighted by molar-refractivity contribution is 0.0967. The van der Waals surface area contributed by atoms with Crippen LogP contribution in [0.1, 0.15) is 29.3 Å². The Hall–Kier alpha value is -4.00. The molecule has 0 aliphatic rings. The summed E-state index contributed by atoms with van der Waals surface area (Å²) in [7, 11) is 1.62. The van der Waals surface area contributed by atoms with Crippen LogP contribution in [0.5, 0.6) is 5.75 Å². The smallest absolute Gasteiger partial charge is 0.255 e. The van der Waals surface area contributed by atoms with Gasteiger partial charge in [-0.15, -0.1) is 0 Å². The van der Waals surface area contributed by atoms with Gasteiger partial charge in [-0.3, -0.25) is 4.79 Å². The third-order valence-electron chi connectivity index (χ3n) is 4.73. The maximum atomic E-state index is 12.5. The zero-order valence-corrected chi connectivity index (χ0v) is 17.6. The number of nitrogens with one attached hydrogen (secondary N) is 3. The largest absolute Gasteiger partial charge is 0.497 e. The SMILES string of the molecule is C=C/C=C(/NC(=O)c1ccc(CNc2ncnc3cc(OC)ccc23)cc1)C(=N)CC. The minimum Gasteiger partial charge on any atom is -0.497 e. The van der Waals surface area contributed by atoms with E-state index in [-0.39, 0.29) is 5.91 Å². The molecule has 31 heavy (non-hydrogen) atoms. The third kappa shape index (κ3) is 5.33. The summed E-state index contributed by atoms with van der Waals surface area (Å²) in [6.07, 6.45) is 5.22. The van der Waals surface area contributed by atoms with E-state index in [9.17, 15) is 4.79 Å². The molecule has 158 valence electrons. The lowest BCUT2D eigenvalue weighted by Gasteiger charge is -2.11. The maximum Gasteiger partial charge on any atom is 0.255 e. The van der Waals surface area contributed by atoms with Crippen molar-refractivity contribution in [1.82, 2.24) is 15.3 Å². The molecule has 0 fully saturated rings. The Morgan fingerprint density at radius 2 is 1.97 bits per heavy atom. The third-order valence-corrected chi connectivity index (χ3v) is 4.73. The molecule has 0 unspecified atom stereocenters. The number of anilines is 1.